The number of rotatable bonds is 0. The summed E-state index contributed by atoms with van der Waals surface area (Å²) >= 11 is -30.8. The molecule has 0 fully saturated rings. The largest absolute Gasteiger partial charge is 3.00 e. The number of hydrogen-bond donors (Lipinski definition) is 0. The van der Waals surface area contributed by atoms with E-state index in [1.54, 1.807) is 0 Å². The average molecular weight is 1690 g/mol. The molecule has 0 aliphatic heterocycles. The molecule has 0 atom stereocenters. The van der Waals surface area contributed by atoms with Crippen LogP contribution in [0.2, 0.25) is 0 Å². The third kappa shape index (κ3) is 883. The van der Waals surface area contributed by atoms with Gasteiger partial charge in [0.1, 0.15) is 0 Å². The fourth-order valence-electron chi connectivity index (χ4n) is 0. The van der Waals surface area contributed by atoms with E-state index in [2.05, 4.69) is 0 Å². The first kappa shape index (κ1) is 60.1. The fourth-order valence-corrected chi connectivity index (χ4v) is 0. The Bertz CT molecular complexity index is 629. The Balaban J connectivity index is -0.0000000238. The van der Waals surface area contributed by atoms with Crippen molar-refractivity contribution < 1.29 is 221 Å². The second kappa shape index (κ2) is 29.0. The summed E-state index contributed by atoms with van der Waals surface area (Å²) in [7, 11) is 0. The monoisotopic (exact) mass is 1690 g/mol. The van der Waals surface area contributed by atoms with Crippen LogP contribution in [-0.2, 0) is 183 Å². The van der Waals surface area contributed by atoms with Gasteiger partial charge in [-0.3, -0.25) is 0 Å². The van der Waals surface area contributed by atoms with Gasteiger partial charge in [0.2, 0.25) is 0 Å². The van der Waals surface area contributed by atoms with E-state index in [1.165, 1.54) is 0 Å². The van der Waals surface area contributed by atoms with Crippen molar-refractivity contribution in [3.63, 3.8) is 0 Å². The molecule has 0 aromatic carbocycles. The van der Waals surface area contributed by atoms with E-state index in [0.29, 0.717) is 0 Å². The predicted molar refractivity (Wildman–Crippen MR) is 18.4 cm³/mol. The van der Waals surface area contributed by atoms with Crippen molar-refractivity contribution in [3.05, 3.63) is 0 Å². The fraction of sp³-hybridized carbons (Fsp3) is 0. The minimum absolute atomic E-state index is 0. The molecule has 0 amide bonds. The van der Waals surface area contributed by atoms with Crippen LogP contribution in [0.1, 0.15) is 0 Å². The summed E-state index contributed by atoms with van der Waals surface area (Å²) in [5.41, 5.74) is 0. The molecule has 0 N–H and O–H groups in total. The van der Waals surface area contributed by atoms with Crippen molar-refractivity contribution in [3.8, 4) is 0 Å². The Hall–Kier alpha value is 6.39. The molecule has 0 saturated carbocycles. The van der Waals surface area contributed by atoms with Gasteiger partial charge in [0.05, 0.1) is 0 Å². The maximum atomic E-state index is 8.65. The van der Waals surface area contributed by atoms with E-state index in [1.807, 2.05) is 0 Å². The second-order valence-corrected chi connectivity index (χ2v) is 16.7. The van der Waals surface area contributed by atoms with E-state index >= 15 is 0 Å². The summed E-state index contributed by atoms with van der Waals surface area (Å²) in [5.74, 6) is 0. The first-order chi connectivity index (χ1) is 10.0. The van der Waals surface area contributed by atoms with Crippen LogP contribution in [-0.4, -0.2) is 97.8 Å². The zero-order valence-electron chi connectivity index (χ0n) is 12.8. The normalized spacial score (nSPS) is 10.0. The van der Waals surface area contributed by atoms with Crippen molar-refractivity contribution in [2.45, 2.75) is 0 Å². The molecule has 0 unspecified atom stereocenters. The summed E-state index contributed by atoms with van der Waals surface area (Å²) in [6.07, 6.45) is 0. The van der Waals surface area contributed by atoms with Crippen molar-refractivity contribution in [1.29, 1.82) is 0 Å². The van der Waals surface area contributed by atoms with Gasteiger partial charge in [0.25, 0.3) is 0 Å². The zero-order valence-corrected chi connectivity index (χ0v) is 42.0. The Morgan fingerprint density at radius 1 is 0.276 bits per heavy atom. The molecule has 29 heavy (non-hydrogen) atoms. The molecule has 0 radical (unpaired) electrons. The molecule has 160 valence electrons. The topological polar surface area (TPSA) is 401 Å². The molecule has 0 saturated heterocycles. The molecular formula is Ba2O20W5Y2. The molecule has 0 aliphatic carbocycles. The Morgan fingerprint density at radius 3 is 0.276 bits per heavy atom. The van der Waals surface area contributed by atoms with Gasteiger partial charge in [0, 0.05) is 0 Å². The van der Waals surface area contributed by atoms with E-state index in [0.717, 1.165) is 0 Å². The van der Waals surface area contributed by atoms with Crippen LogP contribution in [0.4, 0.5) is 0 Å². The molecule has 0 spiro atoms. The predicted octanol–water partition coefficient (Wildman–Crippen LogP) is -13.9. The maximum Gasteiger partial charge on any atom is 3.00 e. The van der Waals surface area contributed by atoms with Crippen molar-refractivity contribution in [1.82, 2.24) is 0 Å². The Labute approximate surface area is 309 Å². The van der Waals surface area contributed by atoms with Crippen LogP contribution < -0.4 is 37.6 Å². The first-order valence-electron chi connectivity index (χ1n) is 3.33. The van der Waals surface area contributed by atoms with Crippen LogP contribution in [0.25, 0.3) is 0 Å². The maximum absolute atomic E-state index is 8.65. The van der Waals surface area contributed by atoms with E-state index in [9.17, 15) is 0 Å². The van der Waals surface area contributed by atoms with Crippen LogP contribution in [0, 0.1) is 0 Å². The van der Waals surface area contributed by atoms with Crippen molar-refractivity contribution in [2.75, 3.05) is 0 Å². The second-order valence-electron chi connectivity index (χ2n) is 2.04. The first-order valence-corrected chi connectivity index (χ1v) is 27.3. The Kier molecular flexibility index (Phi) is 60.0. The average Bonchev–Trinajstić information content (AvgIpc) is 1.79. The van der Waals surface area contributed by atoms with Crippen molar-refractivity contribution >= 4 is 97.8 Å². The summed E-state index contributed by atoms with van der Waals surface area (Å²) < 4.78 is 173. The molecule has 0 aliphatic rings. The van der Waals surface area contributed by atoms with Crippen LogP contribution >= 0.6 is 0 Å². The van der Waals surface area contributed by atoms with Gasteiger partial charge in [-0.1, -0.05) is 0 Å². The number of hydrogen-bond acceptors (Lipinski definition) is 20. The molecule has 20 nitrogen and oxygen atoms in total. The summed E-state index contributed by atoms with van der Waals surface area (Å²) in [6.45, 7) is 0. The third-order valence-electron chi connectivity index (χ3n) is 0. The molecule has 29 heteroatoms. The molecule has 0 aromatic rings. The minimum atomic E-state index is -6.17. The standard InChI is InChI=1S/2Ba.20O.5W.2Y/q2*+2;;;;;;;;;;;10*-1;;;;;;2*+3. The van der Waals surface area contributed by atoms with Crippen LogP contribution in [0.5, 0.6) is 0 Å². The smallest absolute Gasteiger partial charge is 3.00 e. The van der Waals surface area contributed by atoms with Gasteiger partial charge >= 0.3 is 318 Å². The summed E-state index contributed by atoms with van der Waals surface area (Å²) in [6, 6.07) is 0. The van der Waals surface area contributed by atoms with Gasteiger partial charge in [-0.2, -0.15) is 0 Å². The molecule has 0 bridgehead atoms. The third-order valence-corrected chi connectivity index (χ3v) is 0. The zero-order chi connectivity index (χ0) is 22.5. The summed E-state index contributed by atoms with van der Waals surface area (Å²) in [4.78, 5) is 0. The molecule has 0 rings (SSSR count). The quantitative estimate of drug-likeness (QED) is 0.203. The molecule has 0 aromatic heterocycles. The van der Waals surface area contributed by atoms with Gasteiger partial charge in [-0.15, -0.1) is 0 Å². The van der Waals surface area contributed by atoms with E-state index in [-0.39, 0.29) is 163 Å². The van der Waals surface area contributed by atoms with Gasteiger partial charge in [-0.25, -0.2) is 0 Å². The van der Waals surface area contributed by atoms with Crippen LogP contribution in [0.15, 0.2) is 0 Å². The van der Waals surface area contributed by atoms with E-state index in [4.69, 9.17) is 71.6 Å². The van der Waals surface area contributed by atoms with Gasteiger partial charge in [-0.05, 0) is 0 Å². The Morgan fingerprint density at radius 2 is 0.276 bits per heavy atom. The summed E-state index contributed by atoms with van der Waals surface area (Å²) in [5, 5.41) is 0. The SMILES string of the molecule is [Ba+2].[Ba+2].[O]=[W](=[O])([O-])[O-].[O]=[W](=[O])([O-])[O-].[O]=[W](=[O])([O-])[O-].[O]=[W](=[O])([O-])[O-].[O]=[W](=[O])([O-])[O-].[Y+3].[Y+3]. The van der Waals surface area contributed by atoms with Gasteiger partial charge in [0.15, 0.2) is 0 Å². The molecular weight excluding hydrogens is 1690 g/mol. The minimum Gasteiger partial charge on any atom is 3.00 e. The van der Waals surface area contributed by atoms with Crippen molar-refractivity contribution in [2.24, 2.45) is 0 Å². The van der Waals surface area contributed by atoms with Crippen LogP contribution in [0.3, 0.4) is 0 Å². The van der Waals surface area contributed by atoms with E-state index < -0.39 is 83.7 Å². The molecule has 0 heterocycles. The van der Waals surface area contributed by atoms with Gasteiger partial charge < -0.3 is 0 Å².